The highest BCUT2D eigenvalue weighted by Crippen LogP contribution is 2.40. The molecular weight excluding hydrogens is 476 g/mol. The molecule has 9 heteroatoms. The smallest absolute Gasteiger partial charge is 0.306 e. The predicted octanol–water partition coefficient (Wildman–Crippen LogP) is 5.31. The lowest BCUT2D eigenvalue weighted by molar-refractivity contribution is -0.137. The van der Waals surface area contributed by atoms with Crippen LogP contribution in [-0.4, -0.2) is 45.8 Å². The number of aliphatic imine (C=N–C) groups is 1. The molecule has 0 spiro atoms. The summed E-state index contributed by atoms with van der Waals surface area (Å²) in [5.41, 5.74) is 5.64. The number of aryl methyl sites for hydroxylation is 2. The Bertz CT molecular complexity index is 1500. The Labute approximate surface area is 212 Å². The Morgan fingerprint density at radius 1 is 1.03 bits per heavy atom. The zero-order chi connectivity index (χ0) is 25.6. The van der Waals surface area contributed by atoms with E-state index in [1.54, 1.807) is 25.6 Å². The predicted molar refractivity (Wildman–Crippen MR) is 139 cm³/mol. The van der Waals surface area contributed by atoms with Gasteiger partial charge in [0.2, 0.25) is 0 Å². The SMILES string of the molecule is COc1ccc(OC)c(-c2ccc(C3=N[C@@H](CC(=O)O)c4nnc(C)n4-c4sc(C)c(C)c43)cc2)c1. The van der Waals surface area contributed by atoms with E-state index in [9.17, 15) is 9.90 Å². The quantitative estimate of drug-likeness (QED) is 0.384. The largest absolute Gasteiger partial charge is 0.497 e. The normalized spacial score (nSPS) is 14.5. The van der Waals surface area contributed by atoms with Gasteiger partial charge >= 0.3 is 5.97 Å². The van der Waals surface area contributed by atoms with Gasteiger partial charge in [-0.15, -0.1) is 21.5 Å². The number of rotatable bonds is 6. The lowest BCUT2D eigenvalue weighted by Crippen LogP contribution is -2.10. The Hall–Kier alpha value is -3.98. The van der Waals surface area contributed by atoms with E-state index >= 15 is 0 Å². The zero-order valence-corrected chi connectivity index (χ0v) is 21.5. The fourth-order valence-electron chi connectivity index (χ4n) is 4.54. The molecule has 1 aliphatic rings. The van der Waals surface area contributed by atoms with Gasteiger partial charge in [0, 0.05) is 21.6 Å². The second kappa shape index (κ2) is 9.23. The molecule has 8 nitrogen and oxygen atoms in total. The van der Waals surface area contributed by atoms with Crippen molar-refractivity contribution in [2.75, 3.05) is 14.2 Å². The molecule has 36 heavy (non-hydrogen) atoms. The van der Waals surface area contributed by atoms with E-state index in [4.69, 9.17) is 14.5 Å². The van der Waals surface area contributed by atoms with E-state index in [0.717, 1.165) is 50.0 Å². The van der Waals surface area contributed by atoms with Gasteiger partial charge in [0.05, 0.1) is 26.4 Å². The lowest BCUT2D eigenvalue weighted by atomic mass is 9.96. The third-order valence-electron chi connectivity index (χ3n) is 6.48. The number of ether oxygens (including phenoxy) is 2. The van der Waals surface area contributed by atoms with Crippen LogP contribution in [0.3, 0.4) is 0 Å². The van der Waals surface area contributed by atoms with Crippen LogP contribution in [0.1, 0.15) is 45.7 Å². The minimum atomic E-state index is -0.936. The van der Waals surface area contributed by atoms with E-state index in [1.807, 2.05) is 54.0 Å². The van der Waals surface area contributed by atoms with Crippen molar-refractivity contribution in [1.29, 1.82) is 0 Å². The van der Waals surface area contributed by atoms with Crippen LogP contribution in [0.5, 0.6) is 11.5 Å². The van der Waals surface area contributed by atoms with Crippen molar-refractivity contribution in [3.63, 3.8) is 0 Å². The molecular formula is C27H26N4O4S. The van der Waals surface area contributed by atoms with Crippen molar-refractivity contribution in [2.24, 2.45) is 4.99 Å². The molecule has 0 fully saturated rings. The first-order valence-corrected chi connectivity index (χ1v) is 12.3. The molecule has 1 aliphatic heterocycles. The maximum atomic E-state index is 11.7. The van der Waals surface area contributed by atoms with Crippen molar-refractivity contribution in [3.05, 3.63) is 75.7 Å². The molecule has 0 unspecified atom stereocenters. The van der Waals surface area contributed by atoms with Gasteiger partial charge in [-0.25, -0.2) is 0 Å². The fourth-order valence-corrected chi connectivity index (χ4v) is 5.75. The Morgan fingerprint density at radius 3 is 2.42 bits per heavy atom. The summed E-state index contributed by atoms with van der Waals surface area (Å²) >= 11 is 1.64. The molecule has 2 aromatic heterocycles. The first-order chi connectivity index (χ1) is 17.3. The number of benzene rings is 2. The molecule has 0 amide bonds. The van der Waals surface area contributed by atoms with Gasteiger partial charge in [0.25, 0.3) is 0 Å². The summed E-state index contributed by atoms with van der Waals surface area (Å²) in [4.78, 5) is 17.9. The van der Waals surface area contributed by atoms with Gasteiger partial charge in [-0.3, -0.25) is 14.4 Å². The molecule has 5 rings (SSSR count). The molecule has 1 atom stereocenters. The summed E-state index contributed by atoms with van der Waals surface area (Å²) in [6, 6.07) is 13.1. The fraction of sp³-hybridized carbons (Fsp3) is 0.259. The molecule has 1 N–H and O–H groups in total. The summed E-state index contributed by atoms with van der Waals surface area (Å²) in [5.74, 6) is 1.81. The number of nitrogens with zero attached hydrogens (tertiary/aromatic N) is 4. The molecule has 3 heterocycles. The Morgan fingerprint density at radius 2 is 1.75 bits per heavy atom. The standard InChI is InChI=1S/C27H26N4O4S/c1-14-15(2)36-27-24(14)25(28-21(13-23(32)33)26-30-29-16(3)31(26)27)18-8-6-17(7-9-18)20-12-19(34-4)10-11-22(20)35-5/h6-12,21H,13H2,1-5H3,(H,32,33)/t21-/m0/s1. The van der Waals surface area contributed by atoms with E-state index in [2.05, 4.69) is 24.0 Å². The highest BCUT2D eigenvalue weighted by Gasteiger charge is 2.32. The van der Waals surface area contributed by atoms with Crippen LogP contribution in [0, 0.1) is 20.8 Å². The Balaban J connectivity index is 1.67. The summed E-state index contributed by atoms with van der Waals surface area (Å²) < 4.78 is 12.9. The van der Waals surface area contributed by atoms with Gasteiger partial charge in [-0.2, -0.15) is 0 Å². The summed E-state index contributed by atoms with van der Waals surface area (Å²) in [7, 11) is 3.28. The highest BCUT2D eigenvalue weighted by molar-refractivity contribution is 7.15. The van der Waals surface area contributed by atoms with Gasteiger partial charge in [-0.05, 0) is 50.1 Å². The summed E-state index contributed by atoms with van der Waals surface area (Å²) in [6.45, 7) is 6.04. The first-order valence-electron chi connectivity index (χ1n) is 11.5. The van der Waals surface area contributed by atoms with Gasteiger partial charge < -0.3 is 14.6 Å². The number of hydrogen-bond acceptors (Lipinski definition) is 7. The summed E-state index contributed by atoms with van der Waals surface area (Å²) in [5, 5.41) is 19.2. The van der Waals surface area contributed by atoms with Crippen molar-refractivity contribution in [2.45, 2.75) is 33.2 Å². The lowest BCUT2D eigenvalue weighted by Gasteiger charge is -2.13. The van der Waals surface area contributed by atoms with Crippen molar-refractivity contribution in [3.8, 4) is 27.6 Å². The monoisotopic (exact) mass is 502 g/mol. The number of methoxy groups -OCH3 is 2. The number of thiophene rings is 1. The van der Waals surface area contributed by atoms with Crippen molar-refractivity contribution in [1.82, 2.24) is 14.8 Å². The minimum absolute atomic E-state index is 0.173. The number of hydrogen-bond donors (Lipinski definition) is 1. The van der Waals surface area contributed by atoms with Crippen LogP contribution < -0.4 is 9.47 Å². The number of carbonyl (C=O) groups is 1. The number of aromatic nitrogens is 3. The molecule has 0 bridgehead atoms. The average molecular weight is 503 g/mol. The number of carboxylic acid groups (broad SMARTS) is 1. The topological polar surface area (TPSA) is 98.8 Å². The van der Waals surface area contributed by atoms with Crippen LogP contribution in [-0.2, 0) is 4.79 Å². The molecule has 0 radical (unpaired) electrons. The average Bonchev–Trinajstić information content (AvgIpc) is 3.35. The van der Waals surface area contributed by atoms with Crippen LogP contribution in [0.2, 0.25) is 0 Å². The molecule has 4 aromatic rings. The van der Waals surface area contributed by atoms with E-state index in [1.165, 1.54) is 4.88 Å². The zero-order valence-electron chi connectivity index (χ0n) is 20.7. The van der Waals surface area contributed by atoms with E-state index < -0.39 is 12.0 Å². The number of fused-ring (bicyclic) bond motifs is 3. The van der Waals surface area contributed by atoms with Crippen molar-refractivity contribution < 1.29 is 19.4 Å². The third-order valence-corrected chi connectivity index (χ3v) is 7.68. The highest BCUT2D eigenvalue weighted by atomic mass is 32.1. The molecule has 0 saturated carbocycles. The maximum absolute atomic E-state index is 11.7. The molecule has 2 aromatic carbocycles. The number of carboxylic acids is 1. The number of aliphatic carboxylic acids is 1. The van der Waals surface area contributed by atoms with Crippen LogP contribution in [0.4, 0.5) is 0 Å². The van der Waals surface area contributed by atoms with Gasteiger partial charge in [0.15, 0.2) is 5.82 Å². The van der Waals surface area contributed by atoms with E-state index in [-0.39, 0.29) is 6.42 Å². The van der Waals surface area contributed by atoms with Crippen molar-refractivity contribution >= 4 is 23.0 Å². The van der Waals surface area contributed by atoms with Crippen LogP contribution in [0.15, 0.2) is 47.5 Å². The maximum Gasteiger partial charge on any atom is 0.306 e. The first kappa shape index (κ1) is 23.7. The molecule has 0 aliphatic carbocycles. The minimum Gasteiger partial charge on any atom is -0.497 e. The second-order valence-electron chi connectivity index (χ2n) is 8.64. The molecule has 0 saturated heterocycles. The van der Waals surface area contributed by atoms with Crippen LogP contribution in [0.25, 0.3) is 16.1 Å². The second-order valence-corrected chi connectivity index (χ2v) is 9.84. The van der Waals surface area contributed by atoms with Gasteiger partial charge in [0.1, 0.15) is 28.4 Å². The van der Waals surface area contributed by atoms with Gasteiger partial charge in [-0.1, -0.05) is 24.3 Å². The Kier molecular flexibility index (Phi) is 6.09. The summed E-state index contributed by atoms with van der Waals surface area (Å²) in [6.07, 6.45) is -0.173. The third kappa shape index (κ3) is 3.95. The van der Waals surface area contributed by atoms with Crippen LogP contribution >= 0.6 is 11.3 Å². The molecule has 184 valence electrons. The van der Waals surface area contributed by atoms with E-state index in [0.29, 0.717) is 11.6 Å².